The minimum absolute atomic E-state index is 0.0212. The molecule has 0 aromatic heterocycles. The quantitative estimate of drug-likeness (QED) is 0.841. The first-order valence-electron chi connectivity index (χ1n) is 8.21. The zero-order valence-corrected chi connectivity index (χ0v) is 13.3. The highest BCUT2D eigenvalue weighted by Crippen LogP contribution is 2.27. The summed E-state index contributed by atoms with van der Waals surface area (Å²) in [7, 11) is 0. The highest BCUT2D eigenvalue weighted by molar-refractivity contribution is 6.02. The van der Waals surface area contributed by atoms with Gasteiger partial charge in [-0.15, -0.1) is 0 Å². The average Bonchev–Trinajstić information content (AvgIpc) is 3.17. The lowest BCUT2D eigenvalue weighted by Gasteiger charge is -2.22. The molecule has 3 rings (SSSR count). The Morgan fingerprint density at radius 3 is 2.50 bits per heavy atom. The summed E-state index contributed by atoms with van der Waals surface area (Å²) >= 11 is 0. The van der Waals surface area contributed by atoms with Gasteiger partial charge in [0.2, 0.25) is 11.8 Å². The van der Waals surface area contributed by atoms with Crippen molar-refractivity contribution in [3.05, 3.63) is 30.1 Å². The third-order valence-corrected chi connectivity index (χ3v) is 4.54. The number of hydrogen-bond donors (Lipinski definition) is 1. The van der Waals surface area contributed by atoms with Gasteiger partial charge in [0.1, 0.15) is 12.4 Å². The number of urea groups is 1. The van der Waals surface area contributed by atoms with Gasteiger partial charge in [0.25, 0.3) is 0 Å². The average molecular weight is 333 g/mol. The second-order valence-corrected chi connectivity index (χ2v) is 6.20. The smallest absolute Gasteiger partial charge is 0.326 e. The Labute approximate surface area is 139 Å². The van der Waals surface area contributed by atoms with E-state index < -0.39 is 0 Å². The van der Waals surface area contributed by atoms with Crippen molar-refractivity contribution in [3.8, 4) is 0 Å². The van der Waals surface area contributed by atoms with Crippen molar-refractivity contribution in [2.45, 2.75) is 38.1 Å². The fraction of sp³-hybridized carbons (Fsp3) is 0.471. The topological polar surface area (TPSA) is 69.7 Å². The van der Waals surface area contributed by atoms with E-state index in [9.17, 15) is 18.8 Å². The third-order valence-electron chi connectivity index (χ3n) is 4.54. The summed E-state index contributed by atoms with van der Waals surface area (Å²) in [5.41, 5.74) is 0.480. The number of nitrogens with zero attached hydrogens (tertiary/aromatic N) is 2. The molecule has 1 saturated carbocycles. The Balaban J connectivity index is 1.52. The van der Waals surface area contributed by atoms with Gasteiger partial charge in [0.05, 0.1) is 0 Å². The van der Waals surface area contributed by atoms with Crippen LogP contribution in [-0.2, 0) is 9.59 Å². The van der Waals surface area contributed by atoms with Gasteiger partial charge < -0.3 is 10.2 Å². The molecule has 1 aliphatic heterocycles. The number of halogens is 1. The van der Waals surface area contributed by atoms with Crippen LogP contribution in [0.3, 0.4) is 0 Å². The predicted octanol–water partition coefficient (Wildman–Crippen LogP) is 2.36. The van der Waals surface area contributed by atoms with E-state index in [4.69, 9.17) is 0 Å². The predicted molar refractivity (Wildman–Crippen MR) is 85.7 cm³/mol. The van der Waals surface area contributed by atoms with E-state index in [0.717, 1.165) is 30.6 Å². The number of benzene rings is 1. The first kappa shape index (κ1) is 16.4. The van der Waals surface area contributed by atoms with Crippen molar-refractivity contribution in [2.75, 3.05) is 18.4 Å². The second kappa shape index (κ2) is 6.98. The molecule has 7 heteroatoms. The van der Waals surface area contributed by atoms with Crippen LogP contribution in [0.2, 0.25) is 0 Å². The monoisotopic (exact) mass is 333 g/mol. The molecular formula is C17H20FN3O3. The van der Waals surface area contributed by atoms with Crippen molar-refractivity contribution >= 4 is 23.5 Å². The lowest BCUT2D eigenvalue weighted by atomic mass is 10.2. The Morgan fingerprint density at radius 1 is 1.17 bits per heavy atom. The molecule has 1 saturated heterocycles. The van der Waals surface area contributed by atoms with Gasteiger partial charge in [-0.05, 0) is 37.1 Å². The molecule has 1 aliphatic carbocycles. The van der Waals surface area contributed by atoms with Gasteiger partial charge in [0.15, 0.2) is 0 Å². The molecule has 0 atom stereocenters. The Morgan fingerprint density at radius 2 is 1.83 bits per heavy atom. The molecule has 4 amide bonds. The van der Waals surface area contributed by atoms with Crippen LogP contribution in [0.15, 0.2) is 24.3 Å². The van der Waals surface area contributed by atoms with Crippen molar-refractivity contribution in [1.82, 2.24) is 9.80 Å². The summed E-state index contributed by atoms with van der Waals surface area (Å²) in [5, 5.41) is 2.62. The van der Waals surface area contributed by atoms with Gasteiger partial charge in [-0.3, -0.25) is 14.5 Å². The van der Waals surface area contributed by atoms with Gasteiger partial charge in [-0.2, -0.15) is 0 Å². The summed E-state index contributed by atoms with van der Waals surface area (Å²) in [5.74, 6) is -0.948. The Bertz CT molecular complexity index is 641. The zero-order valence-electron chi connectivity index (χ0n) is 13.3. The van der Waals surface area contributed by atoms with Crippen molar-refractivity contribution in [3.63, 3.8) is 0 Å². The van der Waals surface area contributed by atoms with E-state index >= 15 is 0 Å². The lowest BCUT2D eigenvalue weighted by molar-refractivity contribution is -0.125. The maximum Gasteiger partial charge on any atom is 0.327 e. The molecule has 0 spiro atoms. The number of amides is 4. The van der Waals surface area contributed by atoms with Crippen LogP contribution < -0.4 is 5.32 Å². The van der Waals surface area contributed by atoms with Gasteiger partial charge in [-0.1, -0.05) is 12.8 Å². The minimum atomic E-state index is -0.381. The molecule has 6 nitrogen and oxygen atoms in total. The number of nitrogens with one attached hydrogen (secondary N) is 1. The largest absolute Gasteiger partial charge is 0.327 e. The molecule has 0 bridgehead atoms. The molecule has 24 heavy (non-hydrogen) atoms. The summed E-state index contributed by atoms with van der Waals surface area (Å²) < 4.78 is 12.8. The Kier molecular flexibility index (Phi) is 4.78. The molecule has 0 unspecified atom stereocenters. The summed E-state index contributed by atoms with van der Waals surface area (Å²) in [4.78, 5) is 39.1. The number of anilines is 1. The molecule has 1 N–H and O–H groups in total. The fourth-order valence-corrected chi connectivity index (χ4v) is 3.25. The van der Waals surface area contributed by atoms with Crippen LogP contribution in [0.4, 0.5) is 14.9 Å². The van der Waals surface area contributed by atoms with Gasteiger partial charge >= 0.3 is 6.03 Å². The molecule has 2 aliphatic rings. The lowest BCUT2D eigenvalue weighted by Crippen LogP contribution is -2.39. The van der Waals surface area contributed by atoms with E-state index in [0.29, 0.717) is 5.69 Å². The van der Waals surface area contributed by atoms with Gasteiger partial charge in [-0.25, -0.2) is 9.18 Å². The molecule has 1 aromatic rings. The highest BCUT2D eigenvalue weighted by atomic mass is 19.1. The number of imide groups is 1. The fourth-order valence-electron chi connectivity index (χ4n) is 3.25. The van der Waals surface area contributed by atoms with Crippen molar-refractivity contribution in [1.29, 1.82) is 0 Å². The van der Waals surface area contributed by atoms with Crippen LogP contribution in [0, 0.1) is 5.82 Å². The normalized spacial score (nSPS) is 18.5. The van der Waals surface area contributed by atoms with Crippen molar-refractivity contribution < 1.29 is 18.8 Å². The van der Waals surface area contributed by atoms with Crippen LogP contribution >= 0.6 is 0 Å². The second-order valence-electron chi connectivity index (χ2n) is 6.20. The zero-order chi connectivity index (χ0) is 17.1. The summed E-state index contributed by atoms with van der Waals surface area (Å²) in [6, 6.07) is 5.29. The summed E-state index contributed by atoms with van der Waals surface area (Å²) in [6.07, 6.45) is 4.08. The van der Waals surface area contributed by atoms with E-state index in [1.54, 1.807) is 4.90 Å². The van der Waals surface area contributed by atoms with Crippen molar-refractivity contribution in [2.24, 2.45) is 0 Å². The third kappa shape index (κ3) is 3.55. The van der Waals surface area contributed by atoms with Crippen LogP contribution in [0.1, 0.15) is 32.1 Å². The molecule has 1 aromatic carbocycles. The molecule has 0 radical (unpaired) electrons. The van der Waals surface area contributed by atoms with E-state index in [1.807, 2.05) is 0 Å². The first-order valence-corrected chi connectivity index (χ1v) is 8.21. The van der Waals surface area contributed by atoms with E-state index in [1.165, 1.54) is 24.3 Å². The number of hydrogen-bond acceptors (Lipinski definition) is 3. The SMILES string of the molecule is O=C(CCN1C(=O)CN(C2CCCC2)C1=O)Nc1ccc(F)cc1. The maximum atomic E-state index is 12.8. The number of carbonyl (C=O) groups is 3. The van der Waals surface area contributed by atoms with Crippen LogP contribution in [0.5, 0.6) is 0 Å². The first-order chi connectivity index (χ1) is 11.5. The molecule has 2 fully saturated rings. The van der Waals surface area contributed by atoms with Crippen LogP contribution in [-0.4, -0.2) is 46.8 Å². The van der Waals surface area contributed by atoms with E-state index in [2.05, 4.69) is 5.32 Å². The molecular weight excluding hydrogens is 313 g/mol. The highest BCUT2D eigenvalue weighted by Gasteiger charge is 2.40. The minimum Gasteiger partial charge on any atom is -0.326 e. The standard InChI is InChI=1S/C17H20FN3O3/c18-12-5-7-13(8-6-12)19-15(22)9-10-20-16(23)11-21(17(20)24)14-3-1-2-4-14/h5-8,14H,1-4,9-11H2,(H,19,22). The number of carbonyl (C=O) groups excluding carboxylic acids is 3. The molecule has 1 heterocycles. The maximum absolute atomic E-state index is 12.8. The number of rotatable bonds is 5. The summed E-state index contributed by atoms with van der Waals surface area (Å²) in [6.45, 7) is 0.178. The van der Waals surface area contributed by atoms with E-state index in [-0.39, 0.29) is 49.2 Å². The van der Waals surface area contributed by atoms with Gasteiger partial charge in [0, 0.05) is 24.7 Å². The Hall–Kier alpha value is -2.44. The van der Waals surface area contributed by atoms with Crippen LogP contribution in [0.25, 0.3) is 0 Å². The molecule has 128 valence electrons.